The number of nitrogens with zero attached hydrogens (tertiary/aromatic N) is 1. The molecule has 1 heterocycles. The summed E-state index contributed by atoms with van der Waals surface area (Å²) in [6.45, 7) is 1.52. The maximum absolute atomic E-state index is 11.9. The molecule has 2 fully saturated rings. The number of hydrogen-bond donors (Lipinski definition) is 3. The van der Waals surface area contributed by atoms with Gasteiger partial charge in [-0.15, -0.1) is 0 Å². The lowest BCUT2D eigenvalue weighted by molar-refractivity contribution is -0.129. The molecule has 0 radical (unpaired) electrons. The summed E-state index contributed by atoms with van der Waals surface area (Å²) in [4.78, 5) is 25.3. The van der Waals surface area contributed by atoms with Crippen LogP contribution in [0.4, 0.5) is 0 Å². The van der Waals surface area contributed by atoms with Gasteiger partial charge in [-0.05, 0) is 19.8 Å². The van der Waals surface area contributed by atoms with E-state index in [2.05, 4.69) is 5.32 Å². The van der Waals surface area contributed by atoms with Crippen LogP contribution in [0, 0.1) is 5.92 Å². The Bertz CT molecular complexity index is 352. The Kier molecular flexibility index (Phi) is 3.59. The zero-order valence-electron chi connectivity index (χ0n) is 10.6. The number of carbonyl (C=O) groups is 2. The minimum atomic E-state index is -1.31. The lowest BCUT2D eigenvalue weighted by Crippen LogP contribution is -2.45. The number of nitrogens with one attached hydrogen (secondary N) is 1. The molecule has 1 saturated heterocycles. The van der Waals surface area contributed by atoms with Crippen molar-refractivity contribution in [1.29, 1.82) is 0 Å². The van der Waals surface area contributed by atoms with E-state index in [4.69, 9.17) is 5.11 Å². The topological polar surface area (TPSA) is 89.9 Å². The van der Waals surface area contributed by atoms with E-state index in [9.17, 15) is 14.7 Å². The number of carbonyl (C=O) groups excluding carboxylic acids is 2. The van der Waals surface area contributed by atoms with Crippen LogP contribution in [0.2, 0.25) is 0 Å². The quantitative estimate of drug-likeness (QED) is 0.580. The lowest BCUT2D eigenvalue weighted by atomic mass is 10.1. The van der Waals surface area contributed by atoms with E-state index in [-0.39, 0.29) is 30.7 Å². The van der Waals surface area contributed by atoms with Crippen molar-refractivity contribution in [2.45, 2.75) is 37.8 Å². The number of likely N-dealkylation sites (tertiary alicyclic amines) is 1. The Morgan fingerprint density at radius 2 is 2.22 bits per heavy atom. The third-order valence-corrected chi connectivity index (χ3v) is 3.50. The second kappa shape index (κ2) is 4.85. The molecule has 0 aromatic rings. The minimum Gasteiger partial charge on any atom is -0.393 e. The molecule has 1 aliphatic carbocycles. The molecule has 6 nitrogen and oxygen atoms in total. The van der Waals surface area contributed by atoms with Gasteiger partial charge in [0.05, 0.1) is 12.5 Å². The highest BCUT2D eigenvalue weighted by Gasteiger charge is 2.41. The molecular formula is C12H20N2O4. The Morgan fingerprint density at radius 1 is 1.56 bits per heavy atom. The molecule has 102 valence electrons. The Hall–Kier alpha value is -1.14. The Morgan fingerprint density at radius 3 is 2.78 bits per heavy atom. The fraction of sp³-hybridized carbons (Fsp3) is 0.833. The fourth-order valence-electron chi connectivity index (χ4n) is 2.12. The highest BCUT2D eigenvalue weighted by molar-refractivity contribution is 5.89. The average Bonchev–Trinajstić information content (AvgIpc) is 3.10. The maximum Gasteiger partial charge on any atom is 0.225 e. The zero-order chi connectivity index (χ0) is 13.3. The standard InChI is InChI=1S/C12H20N2O4/c1-12(18,7-15)6-13-11(17)8-4-10(16)14(5-8)9-2-3-9/h8-9,15,18H,2-7H2,1H3,(H,13,17). The van der Waals surface area contributed by atoms with Crippen molar-refractivity contribution in [2.75, 3.05) is 19.7 Å². The molecular weight excluding hydrogens is 236 g/mol. The molecule has 0 spiro atoms. The smallest absolute Gasteiger partial charge is 0.225 e. The fourth-order valence-corrected chi connectivity index (χ4v) is 2.12. The van der Waals surface area contributed by atoms with Crippen molar-refractivity contribution in [3.8, 4) is 0 Å². The summed E-state index contributed by atoms with van der Waals surface area (Å²) >= 11 is 0. The van der Waals surface area contributed by atoms with E-state index < -0.39 is 12.2 Å². The van der Waals surface area contributed by atoms with Gasteiger partial charge < -0.3 is 20.4 Å². The van der Waals surface area contributed by atoms with Gasteiger partial charge in [0, 0.05) is 25.6 Å². The summed E-state index contributed by atoms with van der Waals surface area (Å²) < 4.78 is 0. The van der Waals surface area contributed by atoms with Crippen LogP contribution in [0.3, 0.4) is 0 Å². The van der Waals surface area contributed by atoms with Crippen LogP contribution in [0.25, 0.3) is 0 Å². The summed E-state index contributed by atoms with van der Waals surface area (Å²) in [5.41, 5.74) is -1.31. The first-order valence-electron chi connectivity index (χ1n) is 6.33. The van der Waals surface area contributed by atoms with Crippen LogP contribution < -0.4 is 5.32 Å². The molecule has 2 atom stereocenters. The van der Waals surface area contributed by atoms with E-state index in [1.165, 1.54) is 6.92 Å². The van der Waals surface area contributed by atoms with E-state index >= 15 is 0 Å². The molecule has 2 aliphatic rings. The highest BCUT2D eigenvalue weighted by Crippen LogP contribution is 2.32. The summed E-state index contributed by atoms with van der Waals surface area (Å²) in [6, 6.07) is 0.343. The van der Waals surface area contributed by atoms with Crippen molar-refractivity contribution in [3.63, 3.8) is 0 Å². The number of aliphatic hydroxyl groups excluding tert-OH is 1. The molecule has 6 heteroatoms. The van der Waals surface area contributed by atoms with E-state index in [0.29, 0.717) is 12.6 Å². The van der Waals surface area contributed by atoms with Crippen LogP contribution in [-0.4, -0.2) is 58.3 Å². The number of hydrogen-bond acceptors (Lipinski definition) is 4. The summed E-state index contributed by atoms with van der Waals surface area (Å²) in [5.74, 6) is -0.501. The largest absolute Gasteiger partial charge is 0.393 e. The van der Waals surface area contributed by atoms with Crippen LogP contribution >= 0.6 is 0 Å². The number of aliphatic hydroxyl groups is 2. The van der Waals surface area contributed by atoms with Crippen molar-refractivity contribution in [2.24, 2.45) is 5.92 Å². The second-order valence-electron chi connectivity index (χ2n) is 5.55. The van der Waals surface area contributed by atoms with E-state index in [1.807, 2.05) is 0 Å². The van der Waals surface area contributed by atoms with Gasteiger partial charge in [-0.3, -0.25) is 9.59 Å². The van der Waals surface area contributed by atoms with Gasteiger partial charge in [0.1, 0.15) is 5.60 Å². The first kappa shape index (κ1) is 13.3. The third kappa shape index (κ3) is 3.00. The zero-order valence-corrected chi connectivity index (χ0v) is 10.6. The van der Waals surface area contributed by atoms with E-state index in [0.717, 1.165) is 12.8 Å². The molecule has 18 heavy (non-hydrogen) atoms. The second-order valence-corrected chi connectivity index (χ2v) is 5.55. The molecule has 0 aromatic heterocycles. The number of rotatable bonds is 5. The monoisotopic (exact) mass is 256 g/mol. The molecule has 1 saturated carbocycles. The van der Waals surface area contributed by atoms with Gasteiger partial charge in [-0.25, -0.2) is 0 Å². The highest BCUT2D eigenvalue weighted by atomic mass is 16.3. The summed E-state index contributed by atoms with van der Waals surface area (Å²) in [6.07, 6.45) is 2.34. The van der Waals surface area contributed by atoms with Crippen LogP contribution in [-0.2, 0) is 9.59 Å². The van der Waals surface area contributed by atoms with Crippen molar-refractivity contribution in [3.05, 3.63) is 0 Å². The molecule has 2 rings (SSSR count). The lowest BCUT2D eigenvalue weighted by Gasteiger charge is -2.22. The SMILES string of the molecule is CC(O)(CO)CNC(=O)C1CC(=O)N(C2CC2)C1. The molecule has 2 amide bonds. The molecule has 3 N–H and O–H groups in total. The van der Waals surface area contributed by atoms with Gasteiger partial charge in [0.25, 0.3) is 0 Å². The Labute approximate surface area is 106 Å². The third-order valence-electron chi connectivity index (χ3n) is 3.50. The van der Waals surface area contributed by atoms with Gasteiger partial charge in [0.15, 0.2) is 0 Å². The van der Waals surface area contributed by atoms with Crippen molar-refractivity contribution in [1.82, 2.24) is 10.2 Å². The average molecular weight is 256 g/mol. The molecule has 0 bridgehead atoms. The van der Waals surface area contributed by atoms with Crippen LogP contribution in [0.15, 0.2) is 0 Å². The van der Waals surface area contributed by atoms with Gasteiger partial charge >= 0.3 is 0 Å². The first-order chi connectivity index (χ1) is 8.43. The molecule has 0 aromatic carbocycles. The Balaban J connectivity index is 1.81. The van der Waals surface area contributed by atoms with Crippen molar-refractivity contribution >= 4 is 11.8 Å². The normalized spacial score (nSPS) is 27.2. The predicted octanol–water partition coefficient (Wildman–Crippen LogP) is -1.14. The van der Waals surface area contributed by atoms with Gasteiger partial charge in [0.2, 0.25) is 11.8 Å². The maximum atomic E-state index is 11.9. The molecule has 1 aliphatic heterocycles. The van der Waals surface area contributed by atoms with E-state index in [1.54, 1.807) is 4.90 Å². The van der Waals surface area contributed by atoms with Crippen LogP contribution in [0.1, 0.15) is 26.2 Å². The van der Waals surface area contributed by atoms with Crippen molar-refractivity contribution < 1.29 is 19.8 Å². The van der Waals surface area contributed by atoms with Crippen LogP contribution in [0.5, 0.6) is 0 Å². The van der Waals surface area contributed by atoms with Gasteiger partial charge in [-0.2, -0.15) is 0 Å². The number of amides is 2. The summed E-state index contributed by atoms with van der Waals surface area (Å²) in [5, 5.41) is 21.0. The van der Waals surface area contributed by atoms with Gasteiger partial charge in [-0.1, -0.05) is 0 Å². The summed E-state index contributed by atoms with van der Waals surface area (Å²) in [7, 11) is 0. The molecule has 2 unspecified atom stereocenters. The first-order valence-corrected chi connectivity index (χ1v) is 6.33. The predicted molar refractivity (Wildman–Crippen MR) is 63.6 cm³/mol. The minimum absolute atomic E-state index is 0.00352.